The summed E-state index contributed by atoms with van der Waals surface area (Å²) in [5.74, 6) is 0. The second-order valence-electron chi connectivity index (χ2n) is 5.53. The van der Waals surface area contributed by atoms with Crippen LogP contribution in [0.4, 0.5) is 4.79 Å². The van der Waals surface area contributed by atoms with Crippen molar-refractivity contribution in [2.24, 2.45) is 0 Å². The van der Waals surface area contributed by atoms with E-state index in [1.54, 1.807) is 0 Å². The molecule has 1 aliphatic heterocycles. The van der Waals surface area contributed by atoms with Crippen molar-refractivity contribution in [2.75, 3.05) is 19.6 Å². The van der Waals surface area contributed by atoms with Gasteiger partial charge in [-0.25, -0.2) is 4.79 Å². The van der Waals surface area contributed by atoms with Gasteiger partial charge in [0.1, 0.15) is 5.60 Å². The molecule has 1 spiro atoms. The monoisotopic (exact) mass is 248 g/mol. The van der Waals surface area contributed by atoms with Crippen LogP contribution < -0.4 is 5.32 Å². The molecule has 1 saturated heterocycles. The van der Waals surface area contributed by atoms with Gasteiger partial charge < -0.3 is 10.1 Å². The zero-order valence-corrected chi connectivity index (χ0v) is 11.0. The molecule has 4 nitrogen and oxygen atoms in total. The lowest BCUT2D eigenvalue weighted by atomic mass is 10.1. The van der Waals surface area contributed by atoms with E-state index in [9.17, 15) is 4.79 Å². The van der Waals surface area contributed by atoms with Crippen molar-refractivity contribution in [3.8, 4) is 0 Å². The lowest BCUT2D eigenvalue weighted by Gasteiger charge is -2.37. The third kappa shape index (κ3) is 2.80. The number of piperazine rings is 1. The van der Waals surface area contributed by atoms with Crippen molar-refractivity contribution in [3.63, 3.8) is 0 Å². The molecule has 16 heavy (non-hydrogen) atoms. The van der Waals surface area contributed by atoms with Gasteiger partial charge in [0.2, 0.25) is 0 Å². The van der Waals surface area contributed by atoms with Crippen molar-refractivity contribution >= 4 is 18.5 Å². The van der Waals surface area contributed by atoms with Gasteiger partial charge in [0, 0.05) is 19.6 Å². The Hall–Kier alpha value is -0.480. The molecule has 1 heterocycles. The number of hydrogen-bond donors (Lipinski definition) is 1. The minimum absolute atomic E-state index is 0. The molecule has 2 rings (SSSR count). The minimum atomic E-state index is -0.391. The maximum Gasteiger partial charge on any atom is 0.410 e. The SMILES string of the molecule is CC(C)(C)OC(=O)N1CCNCC12CC2.Cl. The van der Waals surface area contributed by atoms with Crippen LogP contribution in [-0.2, 0) is 4.74 Å². The average Bonchev–Trinajstić information content (AvgIpc) is 2.83. The molecule has 0 unspecified atom stereocenters. The molecule has 0 aromatic carbocycles. The van der Waals surface area contributed by atoms with Crippen LogP contribution in [0.5, 0.6) is 0 Å². The van der Waals surface area contributed by atoms with E-state index < -0.39 is 5.60 Å². The summed E-state index contributed by atoms with van der Waals surface area (Å²) in [4.78, 5) is 13.9. The summed E-state index contributed by atoms with van der Waals surface area (Å²) in [6.45, 7) is 8.30. The van der Waals surface area contributed by atoms with Crippen LogP contribution in [0.1, 0.15) is 33.6 Å². The van der Waals surface area contributed by atoms with Crippen LogP contribution in [0.25, 0.3) is 0 Å². The molecule has 1 amide bonds. The Labute approximate surface area is 103 Å². The molecule has 0 bridgehead atoms. The first-order valence-corrected chi connectivity index (χ1v) is 5.64. The quantitative estimate of drug-likeness (QED) is 0.711. The molecule has 1 N–H and O–H groups in total. The summed E-state index contributed by atoms with van der Waals surface area (Å²) >= 11 is 0. The van der Waals surface area contributed by atoms with Gasteiger partial charge in [-0.2, -0.15) is 0 Å². The van der Waals surface area contributed by atoms with Crippen molar-refractivity contribution in [1.29, 1.82) is 0 Å². The smallest absolute Gasteiger partial charge is 0.410 e. The molecule has 94 valence electrons. The van der Waals surface area contributed by atoms with Gasteiger partial charge in [0.05, 0.1) is 5.54 Å². The summed E-state index contributed by atoms with van der Waals surface area (Å²) in [6.07, 6.45) is 2.07. The molecule has 0 aromatic heterocycles. The van der Waals surface area contributed by atoms with E-state index in [0.717, 1.165) is 32.5 Å². The van der Waals surface area contributed by atoms with Gasteiger partial charge in [-0.15, -0.1) is 12.4 Å². The fraction of sp³-hybridized carbons (Fsp3) is 0.909. The Morgan fingerprint density at radius 2 is 2.00 bits per heavy atom. The van der Waals surface area contributed by atoms with Gasteiger partial charge >= 0.3 is 6.09 Å². The maximum absolute atomic E-state index is 11.9. The van der Waals surface area contributed by atoms with Crippen molar-refractivity contribution in [3.05, 3.63) is 0 Å². The van der Waals surface area contributed by atoms with E-state index in [1.807, 2.05) is 25.7 Å². The van der Waals surface area contributed by atoms with Gasteiger partial charge in [-0.3, -0.25) is 4.90 Å². The fourth-order valence-corrected chi connectivity index (χ4v) is 2.04. The Morgan fingerprint density at radius 3 is 2.50 bits per heavy atom. The van der Waals surface area contributed by atoms with Crippen LogP contribution >= 0.6 is 12.4 Å². The molecule has 0 aromatic rings. The molecular formula is C11H21ClN2O2. The molecule has 2 aliphatic rings. The number of carbonyl (C=O) groups is 1. The number of hydrogen-bond acceptors (Lipinski definition) is 3. The lowest BCUT2D eigenvalue weighted by molar-refractivity contribution is 0.00844. The van der Waals surface area contributed by atoms with Crippen LogP contribution in [0, 0.1) is 0 Å². The van der Waals surface area contributed by atoms with Crippen molar-refractivity contribution in [1.82, 2.24) is 10.2 Å². The maximum atomic E-state index is 11.9. The highest BCUT2D eigenvalue weighted by molar-refractivity contribution is 5.85. The Balaban J connectivity index is 0.00000128. The summed E-state index contributed by atoms with van der Waals surface area (Å²) in [5.41, 5.74) is -0.307. The predicted octanol–water partition coefficient (Wildman–Crippen LogP) is 1.78. The van der Waals surface area contributed by atoms with E-state index in [4.69, 9.17) is 4.74 Å². The minimum Gasteiger partial charge on any atom is -0.444 e. The number of amides is 1. The lowest BCUT2D eigenvalue weighted by Crippen LogP contribution is -2.56. The number of ether oxygens (including phenoxy) is 1. The van der Waals surface area contributed by atoms with Gasteiger partial charge in [-0.05, 0) is 33.6 Å². The number of halogens is 1. The van der Waals surface area contributed by atoms with Crippen LogP contribution in [0.3, 0.4) is 0 Å². The molecule has 5 heteroatoms. The Morgan fingerprint density at radius 1 is 1.38 bits per heavy atom. The third-order valence-electron chi connectivity index (χ3n) is 2.98. The number of nitrogens with zero attached hydrogens (tertiary/aromatic N) is 1. The molecule has 0 atom stereocenters. The van der Waals surface area contributed by atoms with Gasteiger partial charge in [0.15, 0.2) is 0 Å². The predicted molar refractivity (Wildman–Crippen MR) is 65.0 cm³/mol. The fourth-order valence-electron chi connectivity index (χ4n) is 2.04. The molecule has 2 fully saturated rings. The second-order valence-corrected chi connectivity index (χ2v) is 5.53. The van der Waals surface area contributed by atoms with E-state index in [-0.39, 0.29) is 24.0 Å². The van der Waals surface area contributed by atoms with Crippen molar-refractivity contribution in [2.45, 2.75) is 44.8 Å². The summed E-state index contributed by atoms with van der Waals surface area (Å²) in [5, 5.41) is 3.34. The van der Waals surface area contributed by atoms with E-state index in [2.05, 4.69) is 5.32 Å². The first-order chi connectivity index (χ1) is 6.93. The highest BCUT2D eigenvalue weighted by Gasteiger charge is 2.52. The van der Waals surface area contributed by atoms with E-state index in [1.165, 1.54) is 0 Å². The van der Waals surface area contributed by atoms with Crippen LogP contribution in [0.15, 0.2) is 0 Å². The zero-order valence-electron chi connectivity index (χ0n) is 10.2. The van der Waals surface area contributed by atoms with Gasteiger partial charge in [0.25, 0.3) is 0 Å². The molecule has 1 saturated carbocycles. The zero-order chi connectivity index (χ0) is 11.1. The number of rotatable bonds is 0. The first kappa shape index (κ1) is 13.6. The highest BCUT2D eigenvalue weighted by Crippen LogP contribution is 2.42. The average molecular weight is 249 g/mol. The molecule has 0 radical (unpaired) electrons. The number of nitrogens with one attached hydrogen (secondary N) is 1. The first-order valence-electron chi connectivity index (χ1n) is 5.64. The summed E-state index contributed by atoms with van der Waals surface area (Å²) in [7, 11) is 0. The highest BCUT2D eigenvalue weighted by atomic mass is 35.5. The van der Waals surface area contributed by atoms with E-state index in [0.29, 0.717) is 0 Å². The number of carbonyl (C=O) groups excluding carboxylic acids is 1. The van der Waals surface area contributed by atoms with Gasteiger partial charge in [-0.1, -0.05) is 0 Å². The standard InChI is InChI=1S/C11H20N2O2.ClH/c1-10(2,3)15-9(14)13-7-6-12-8-11(13)4-5-11;/h12H,4-8H2,1-3H3;1H. The molecular weight excluding hydrogens is 228 g/mol. The normalized spacial score (nSPS) is 22.6. The van der Waals surface area contributed by atoms with E-state index >= 15 is 0 Å². The Bertz CT molecular complexity index is 272. The Kier molecular flexibility index (Phi) is 3.75. The van der Waals surface area contributed by atoms with Crippen molar-refractivity contribution < 1.29 is 9.53 Å². The largest absolute Gasteiger partial charge is 0.444 e. The second kappa shape index (κ2) is 4.41. The summed E-state index contributed by atoms with van der Waals surface area (Å²) < 4.78 is 5.41. The summed E-state index contributed by atoms with van der Waals surface area (Å²) in [6, 6.07) is 0. The molecule has 1 aliphatic carbocycles. The topological polar surface area (TPSA) is 41.6 Å². The van der Waals surface area contributed by atoms with Crippen LogP contribution in [-0.4, -0.2) is 41.8 Å². The van der Waals surface area contributed by atoms with Crippen LogP contribution in [0.2, 0.25) is 0 Å². The third-order valence-corrected chi connectivity index (χ3v) is 2.98.